The third kappa shape index (κ3) is 4.63. The molecule has 0 radical (unpaired) electrons. The van der Waals surface area contributed by atoms with Crippen molar-refractivity contribution >= 4 is 11.6 Å². The van der Waals surface area contributed by atoms with E-state index in [1.54, 1.807) is 10.7 Å². The monoisotopic (exact) mass is 472 g/mol. The molecule has 1 amide bonds. The maximum absolute atomic E-state index is 12.9. The normalized spacial score (nSPS) is 11.5. The lowest BCUT2D eigenvalue weighted by molar-refractivity contribution is -0.137. The van der Waals surface area contributed by atoms with Gasteiger partial charge in [0, 0.05) is 18.3 Å². The van der Waals surface area contributed by atoms with Gasteiger partial charge in [0.05, 0.1) is 17.5 Å². The van der Waals surface area contributed by atoms with Gasteiger partial charge in [-0.15, -0.1) is 0 Å². The highest BCUT2D eigenvalue weighted by molar-refractivity contribution is 5.99. The van der Waals surface area contributed by atoms with Gasteiger partial charge in [-0.2, -0.15) is 18.3 Å². The quantitative estimate of drug-likeness (QED) is 0.341. The number of nitrogens with zero attached hydrogens (tertiary/aromatic N) is 3. The van der Waals surface area contributed by atoms with E-state index >= 15 is 0 Å². The van der Waals surface area contributed by atoms with Gasteiger partial charge < -0.3 is 5.32 Å². The van der Waals surface area contributed by atoms with Crippen molar-refractivity contribution in [1.82, 2.24) is 19.9 Å². The summed E-state index contributed by atoms with van der Waals surface area (Å²) in [6, 6.07) is 24.7. The van der Waals surface area contributed by atoms with Crippen LogP contribution in [0, 0.1) is 0 Å². The molecule has 0 aliphatic heterocycles. The van der Waals surface area contributed by atoms with Crippen molar-refractivity contribution in [3.8, 4) is 22.4 Å². The molecule has 8 heteroatoms. The number of alkyl halides is 3. The number of halogens is 3. The fourth-order valence-corrected chi connectivity index (χ4v) is 3.87. The topological polar surface area (TPSA) is 59.3 Å². The predicted octanol–water partition coefficient (Wildman–Crippen LogP) is 6.01. The number of hydrogen-bond donors (Lipinski definition) is 1. The summed E-state index contributed by atoms with van der Waals surface area (Å²) in [4.78, 5) is 17.1. The molecule has 174 valence electrons. The van der Waals surface area contributed by atoms with E-state index in [1.807, 2.05) is 60.7 Å². The fourth-order valence-electron chi connectivity index (χ4n) is 3.87. The maximum atomic E-state index is 12.9. The van der Waals surface area contributed by atoms with Gasteiger partial charge in [-0.05, 0) is 34.9 Å². The molecule has 5 rings (SSSR count). The molecule has 2 aromatic heterocycles. The lowest BCUT2D eigenvalue weighted by Gasteiger charge is -2.09. The van der Waals surface area contributed by atoms with Crippen molar-refractivity contribution in [1.29, 1.82) is 0 Å². The first-order valence-corrected chi connectivity index (χ1v) is 10.8. The lowest BCUT2D eigenvalue weighted by atomic mass is 10.0. The Morgan fingerprint density at radius 3 is 2.31 bits per heavy atom. The molecule has 0 aliphatic carbocycles. The van der Waals surface area contributed by atoms with Gasteiger partial charge in [0.25, 0.3) is 5.91 Å². The summed E-state index contributed by atoms with van der Waals surface area (Å²) in [5, 5.41) is 7.00. The molecule has 0 aliphatic rings. The van der Waals surface area contributed by atoms with Crippen molar-refractivity contribution < 1.29 is 18.0 Å². The first-order valence-electron chi connectivity index (χ1n) is 10.8. The number of carbonyl (C=O) groups is 1. The summed E-state index contributed by atoms with van der Waals surface area (Å²) in [7, 11) is 0. The van der Waals surface area contributed by atoms with Gasteiger partial charge in [-0.3, -0.25) is 4.79 Å². The van der Waals surface area contributed by atoms with Crippen molar-refractivity contribution in [2.24, 2.45) is 0 Å². The standard InChI is InChI=1S/C27H19F3N4O/c28-27(29,30)22-8-4-5-18(15-22)16-32-26(35)23-17-33-34-24(13-14-31-25(23)34)21-11-9-20(10-12-21)19-6-2-1-3-7-19/h1-15,17H,16H2,(H,32,35). The first-order chi connectivity index (χ1) is 16.9. The molecular formula is C27H19F3N4O. The summed E-state index contributed by atoms with van der Waals surface area (Å²) < 4.78 is 40.4. The van der Waals surface area contributed by atoms with E-state index in [-0.39, 0.29) is 12.1 Å². The highest BCUT2D eigenvalue weighted by Crippen LogP contribution is 2.29. The van der Waals surface area contributed by atoms with Crippen LogP contribution in [-0.4, -0.2) is 20.5 Å². The number of nitrogens with one attached hydrogen (secondary N) is 1. The van der Waals surface area contributed by atoms with E-state index in [9.17, 15) is 18.0 Å². The molecule has 0 bridgehead atoms. The highest BCUT2D eigenvalue weighted by atomic mass is 19.4. The largest absolute Gasteiger partial charge is 0.416 e. The van der Waals surface area contributed by atoms with Crippen LogP contribution < -0.4 is 5.32 Å². The molecule has 5 aromatic rings. The van der Waals surface area contributed by atoms with Crippen LogP contribution in [0.5, 0.6) is 0 Å². The molecule has 3 aromatic carbocycles. The van der Waals surface area contributed by atoms with E-state index in [2.05, 4.69) is 15.4 Å². The van der Waals surface area contributed by atoms with Crippen molar-refractivity contribution in [2.45, 2.75) is 12.7 Å². The first kappa shape index (κ1) is 22.3. The zero-order valence-electron chi connectivity index (χ0n) is 18.3. The summed E-state index contributed by atoms with van der Waals surface area (Å²) >= 11 is 0. The average Bonchev–Trinajstić information content (AvgIpc) is 3.32. The fraction of sp³-hybridized carbons (Fsp3) is 0.0741. The summed E-state index contributed by atoms with van der Waals surface area (Å²) in [5.74, 6) is -0.471. The average molecular weight is 472 g/mol. The number of aromatic nitrogens is 3. The SMILES string of the molecule is O=C(NCc1cccc(C(F)(F)F)c1)c1cnn2c(-c3ccc(-c4ccccc4)cc3)ccnc12. The van der Waals surface area contributed by atoms with Crippen LogP contribution in [0.25, 0.3) is 28.0 Å². The van der Waals surface area contributed by atoms with Crippen molar-refractivity contribution in [3.05, 3.63) is 114 Å². The smallest absolute Gasteiger partial charge is 0.348 e. The van der Waals surface area contributed by atoms with E-state index in [0.29, 0.717) is 11.2 Å². The van der Waals surface area contributed by atoms with Crippen molar-refractivity contribution in [3.63, 3.8) is 0 Å². The third-order valence-electron chi connectivity index (χ3n) is 5.64. The molecule has 0 spiro atoms. The Morgan fingerprint density at radius 1 is 0.857 bits per heavy atom. The molecule has 0 saturated carbocycles. The number of carbonyl (C=O) groups excluding carboxylic acids is 1. The molecular weight excluding hydrogens is 453 g/mol. The zero-order chi connectivity index (χ0) is 24.4. The van der Waals surface area contributed by atoms with E-state index in [0.717, 1.165) is 34.5 Å². The molecule has 5 nitrogen and oxygen atoms in total. The van der Waals surface area contributed by atoms with Gasteiger partial charge in [-0.25, -0.2) is 9.50 Å². The Morgan fingerprint density at radius 2 is 1.57 bits per heavy atom. The minimum atomic E-state index is -4.44. The summed E-state index contributed by atoms with van der Waals surface area (Å²) in [6.07, 6.45) is -1.44. The molecule has 0 unspecified atom stereocenters. The zero-order valence-corrected chi connectivity index (χ0v) is 18.3. The highest BCUT2D eigenvalue weighted by Gasteiger charge is 2.30. The van der Waals surface area contributed by atoms with Crippen molar-refractivity contribution in [2.75, 3.05) is 0 Å². The maximum Gasteiger partial charge on any atom is 0.416 e. The van der Waals surface area contributed by atoms with Crippen LogP contribution in [0.4, 0.5) is 13.2 Å². The second kappa shape index (κ2) is 9.06. The Kier molecular flexibility index (Phi) is 5.78. The van der Waals surface area contributed by atoms with Crippen LogP contribution in [-0.2, 0) is 12.7 Å². The van der Waals surface area contributed by atoms with Gasteiger partial charge in [-0.1, -0.05) is 66.7 Å². The summed E-state index contributed by atoms with van der Waals surface area (Å²) in [5.41, 5.74) is 4.02. The molecule has 35 heavy (non-hydrogen) atoms. The van der Waals surface area contributed by atoms with E-state index in [1.165, 1.54) is 18.3 Å². The summed E-state index contributed by atoms with van der Waals surface area (Å²) in [6.45, 7) is -0.0548. The molecule has 1 N–H and O–H groups in total. The number of benzene rings is 3. The lowest BCUT2D eigenvalue weighted by Crippen LogP contribution is -2.23. The van der Waals surface area contributed by atoms with E-state index < -0.39 is 17.6 Å². The molecule has 0 atom stereocenters. The Labute approximate surface area is 198 Å². The van der Waals surface area contributed by atoms with Crippen LogP contribution >= 0.6 is 0 Å². The van der Waals surface area contributed by atoms with Gasteiger partial charge >= 0.3 is 6.18 Å². The Hall–Kier alpha value is -4.46. The Balaban J connectivity index is 1.37. The number of rotatable bonds is 5. The second-order valence-corrected chi connectivity index (χ2v) is 7.95. The van der Waals surface area contributed by atoms with Gasteiger partial charge in [0.15, 0.2) is 5.65 Å². The second-order valence-electron chi connectivity index (χ2n) is 7.95. The van der Waals surface area contributed by atoms with Gasteiger partial charge in [0.1, 0.15) is 5.56 Å². The Bertz CT molecular complexity index is 1490. The van der Waals surface area contributed by atoms with Crippen LogP contribution in [0.2, 0.25) is 0 Å². The van der Waals surface area contributed by atoms with Gasteiger partial charge in [0.2, 0.25) is 0 Å². The number of fused-ring (bicyclic) bond motifs is 1. The van der Waals surface area contributed by atoms with Crippen LogP contribution in [0.15, 0.2) is 97.3 Å². The number of hydrogen-bond acceptors (Lipinski definition) is 3. The van der Waals surface area contributed by atoms with Crippen LogP contribution in [0.3, 0.4) is 0 Å². The van der Waals surface area contributed by atoms with Crippen LogP contribution in [0.1, 0.15) is 21.5 Å². The minimum Gasteiger partial charge on any atom is -0.348 e. The minimum absolute atomic E-state index is 0.0548. The molecule has 0 fully saturated rings. The number of amides is 1. The molecule has 2 heterocycles. The van der Waals surface area contributed by atoms with E-state index in [4.69, 9.17) is 0 Å². The third-order valence-corrected chi connectivity index (χ3v) is 5.64. The predicted molar refractivity (Wildman–Crippen MR) is 126 cm³/mol. The molecule has 0 saturated heterocycles.